The number of carbonyl (C=O) groups excluding carboxylic acids is 4. The summed E-state index contributed by atoms with van der Waals surface area (Å²) in [7, 11) is 1.26. The number of hydrogen-bond donors (Lipinski definition) is 1. The zero-order chi connectivity index (χ0) is 20.3. The van der Waals surface area contributed by atoms with E-state index in [1.807, 2.05) is 0 Å². The Morgan fingerprint density at radius 3 is 2.57 bits per heavy atom. The molecule has 1 aliphatic rings. The van der Waals surface area contributed by atoms with Gasteiger partial charge in [0, 0.05) is 10.7 Å². The molecule has 0 unspecified atom stereocenters. The Kier molecular flexibility index (Phi) is 5.65. The zero-order valence-corrected chi connectivity index (χ0v) is 16.2. The van der Waals surface area contributed by atoms with Crippen LogP contribution in [0.2, 0.25) is 0 Å². The average Bonchev–Trinajstić information content (AvgIpc) is 2.68. The quantitative estimate of drug-likeness (QED) is 0.444. The van der Waals surface area contributed by atoms with E-state index in [-0.39, 0.29) is 5.56 Å². The Morgan fingerprint density at radius 2 is 1.89 bits per heavy atom. The average molecular weight is 444 g/mol. The van der Waals surface area contributed by atoms with E-state index in [1.54, 1.807) is 42.5 Å². The molecule has 142 valence electrons. The highest BCUT2D eigenvalue weighted by molar-refractivity contribution is 9.10. The summed E-state index contributed by atoms with van der Waals surface area (Å²) < 4.78 is 5.43. The first kappa shape index (κ1) is 19.4. The van der Waals surface area contributed by atoms with Crippen molar-refractivity contribution in [3.63, 3.8) is 0 Å². The summed E-state index contributed by atoms with van der Waals surface area (Å²) in [6.45, 7) is 0. The molecule has 2 aromatic carbocycles. The van der Waals surface area contributed by atoms with E-state index in [0.29, 0.717) is 11.4 Å². The number of urea groups is 1. The minimum Gasteiger partial charge on any atom is -0.465 e. The Bertz CT molecular complexity index is 987. The van der Waals surface area contributed by atoms with Crippen LogP contribution in [-0.4, -0.2) is 37.1 Å². The summed E-state index contributed by atoms with van der Waals surface area (Å²) in [6.07, 6.45) is 1.15. The molecule has 0 bridgehead atoms. The van der Waals surface area contributed by atoms with Crippen LogP contribution in [0.3, 0.4) is 0 Å². The Balaban J connectivity index is 1.86. The number of anilines is 1. The van der Waals surface area contributed by atoms with Crippen LogP contribution in [0.25, 0.3) is 0 Å². The molecule has 1 heterocycles. The highest BCUT2D eigenvalue weighted by Crippen LogP contribution is 2.23. The molecule has 9 heteroatoms. The molecule has 1 fully saturated rings. The highest BCUT2D eigenvalue weighted by Gasteiger charge is 2.40. The topological polar surface area (TPSA) is 105 Å². The molecule has 8 nitrogen and oxygen atoms in total. The summed E-state index contributed by atoms with van der Waals surface area (Å²) in [5, 5.41) is 2.15. The van der Waals surface area contributed by atoms with Gasteiger partial charge in [-0.3, -0.25) is 19.9 Å². The number of nitrogens with zero attached hydrogens (tertiary/aromatic N) is 2. The van der Waals surface area contributed by atoms with Crippen LogP contribution in [0.1, 0.15) is 10.4 Å². The predicted octanol–water partition coefficient (Wildman–Crippen LogP) is 2.84. The fraction of sp³-hybridized carbons (Fsp3) is 0.105. The number of rotatable bonds is 4. The molecule has 1 aliphatic heterocycles. The van der Waals surface area contributed by atoms with Gasteiger partial charge in [0.05, 0.1) is 24.0 Å². The maximum atomic E-state index is 12.7. The van der Waals surface area contributed by atoms with Gasteiger partial charge in [0.2, 0.25) is 5.91 Å². The molecular formula is C19H14BrN3O5. The zero-order valence-electron chi connectivity index (χ0n) is 14.6. The Morgan fingerprint density at radius 1 is 1.18 bits per heavy atom. The minimum atomic E-state index is -1.29. The molecule has 4 amide bonds. The Hall–Kier alpha value is -3.33. The highest BCUT2D eigenvalue weighted by atomic mass is 79.9. The van der Waals surface area contributed by atoms with Gasteiger partial charge in [-0.2, -0.15) is 0 Å². The predicted molar refractivity (Wildman–Crippen MR) is 105 cm³/mol. The lowest BCUT2D eigenvalue weighted by molar-refractivity contribution is -0.131. The standard InChI is InChI=1S/C19H14BrN3O5/c1-28-18(26)11-3-2-4-13(9-11)21-10-15-16(24)22-19(27)23(17(15)25)14-7-5-12(20)6-8-14/h2-10,15H,1H3,(H,22,24,27)/t15-/m0/s1. The number of barbiturate groups is 1. The summed E-state index contributed by atoms with van der Waals surface area (Å²) in [6, 6.07) is 11.9. The van der Waals surface area contributed by atoms with Crippen LogP contribution < -0.4 is 10.2 Å². The number of aliphatic imine (C=N–C) groups is 1. The second-order valence-electron chi connectivity index (χ2n) is 5.74. The fourth-order valence-electron chi connectivity index (χ4n) is 2.55. The number of carbonyl (C=O) groups is 4. The summed E-state index contributed by atoms with van der Waals surface area (Å²) >= 11 is 3.28. The fourth-order valence-corrected chi connectivity index (χ4v) is 2.81. The van der Waals surface area contributed by atoms with Crippen molar-refractivity contribution in [1.29, 1.82) is 0 Å². The van der Waals surface area contributed by atoms with E-state index < -0.39 is 29.7 Å². The second kappa shape index (κ2) is 8.13. The van der Waals surface area contributed by atoms with Crippen LogP contribution in [-0.2, 0) is 14.3 Å². The number of amides is 4. The normalized spacial score (nSPS) is 17.0. The van der Waals surface area contributed by atoms with Crippen molar-refractivity contribution in [2.24, 2.45) is 10.9 Å². The van der Waals surface area contributed by atoms with Gasteiger partial charge in [-0.05, 0) is 42.5 Å². The number of esters is 1. The van der Waals surface area contributed by atoms with Gasteiger partial charge in [-0.25, -0.2) is 14.5 Å². The van der Waals surface area contributed by atoms with Crippen LogP contribution in [0.15, 0.2) is 58.0 Å². The number of nitrogens with one attached hydrogen (secondary N) is 1. The van der Waals surface area contributed by atoms with Crippen LogP contribution in [0, 0.1) is 5.92 Å². The minimum absolute atomic E-state index is 0.281. The smallest absolute Gasteiger partial charge is 0.337 e. The van der Waals surface area contributed by atoms with Gasteiger partial charge in [0.1, 0.15) is 0 Å². The van der Waals surface area contributed by atoms with E-state index in [0.717, 1.165) is 15.6 Å². The summed E-state index contributed by atoms with van der Waals surface area (Å²) in [5.74, 6) is -3.31. The van der Waals surface area contributed by atoms with Crippen molar-refractivity contribution in [2.45, 2.75) is 0 Å². The maximum Gasteiger partial charge on any atom is 0.337 e. The molecule has 0 aliphatic carbocycles. The lowest BCUT2D eigenvalue weighted by Gasteiger charge is -2.28. The van der Waals surface area contributed by atoms with Crippen LogP contribution >= 0.6 is 15.9 Å². The first-order valence-corrected chi connectivity index (χ1v) is 8.87. The van der Waals surface area contributed by atoms with Crippen LogP contribution in [0.5, 0.6) is 0 Å². The third kappa shape index (κ3) is 3.99. The number of ether oxygens (including phenoxy) is 1. The number of imide groups is 2. The van der Waals surface area contributed by atoms with Gasteiger partial charge in [-0.1, -0.05) is 22.0 Å². The molecule has 28 heavy (non-hydrogen) atoms. The van der Waals surface area contributed by atoms with E-state index in [2.05, 4.69) is 31.0 Å². The monoisotopic (exact) mass is 443 g/mol. The molecule has 3 rings (SSSR count). The molecule has 0 radical (unpaired) electrons. The summed E-state index contributed by atoms with van der Waals surface area (Å²) in [5.41, 5.74) is 0.961. The molecule has 0 aromatic heterocycles. The molecular weight excluding hydrogens is 430 g/mol. The Labute approximate surface area is 168 Å². The summed E-state index contributed by atoms with van der Waals surface area (Å²) in [4.78, 5) is 53.6. The van der Waals surface area contributed by atoms with Gasteiger partial charge in [-0.15, -0.1) is 0 Å². The van der Waals surface area contributed by atoms with Crippen molar-refractivity contribution in [2.75, 3.05) is 12.0 Å². The van der Waals surface area contributed by atoms with E-state index in [1.165, 1.54) is 13.2 Å². The second-order valence-corrected chi connectivity index (χ2v) is 6.66. The molecule has 1 atom stereocenters. The third-order valence-corrected chi connectivity index (χ3v) is 4.46. The molecule has 1 N–H and O–H groups in total. The molecule has 1 saturated heterocycles. The van der Waals surface area contributed by atoms with Crippen molar-refractivity contribution < 1.29 is 23.9 Å². The van der Waals surface area contributed by atoms with Gasteiger partial charge in [0.15, 0.2) is 5.92 Å². The van der Waals surface area contributed by atoms with Gasteiger partial charge in [0.25, 0.3) is 5.91 Å². The lowest BCUT2D eigenvalue weighted by Crippen LogP contribution is -2.58. The lowest BCUT2D eigenvalue weighted by atomic mass is 10.1. The van der Waals surface area contributed by atoms with E-state index in [4.69, 9.17) is 0 Å². The first-order valence-electron chi connectivity index (χ1n) is 8.07. The number of methoxy groups -OCH3 is 1. The number of hydrogen-bond acceptors (Lipinski definition) is 6. The molecule has 0 saturated carbocycles. The third-order valence-electron chi connectivity index (χ3n) is 3.93. The van der Waals surface area contributed by atoms with Gasteiger partial charge >= 0.3 is 12.0 Å². The van der Waals surface area contributed by atoms with Crippen molar-refractivity contribution >= 4 is 57.3 Å². The van der Waals surface area contributed by atoms with E-state index >= 15 is 0 Å². The molecule has 2 aromatic rings. The van der Waals surface area contributed by atoms with Crippen molar-refractivity contribution in [3.8, 4) is 0 Å². The van der Waals surface area contributed by atoms with E-state index in [9.17, 15) is 19.2 Å². The SMILES string of the molecule is COC(=O)c1cccc(N=C[C@H]2C(=O)NC(=O)N(c3ccc(Br)cc3)C2=O)c1. The number of halogens is 1. The van der Waals surface area contributed by atoms with Crippen molar-refractivity contribution in [1.82, 2.24) is 5.32 Å². The molecule has 0 spiro atoms. The van der Waals surface area contributed by atoms with Gasteiger partial charge < -0.3 is 4.74 Å². The first-order chi connectivity index (χ1) is 13.4. The van der Waals surface area contributed by atoms with Crippen molar-refractivity contribution in [3.05, 3.63) is 58.6 Å². The van der Waals surface area contributed by atoms with Crippen LogP contribution in [0.4, 0.5) is 16.2 Å². The largest absolute Gasteiger partial charge is 0.465 e. The maximum absolute atomic E-state index is 12.7. The number of benzene rings is 2.